The van der Waals surface area contributed by atoms with Gasteiger partial charge in [0.1, 0.15) is 0 Å². The highest BCUT2D eigenvalue weighted by Gasteiger charge is 2.48. The van der Waals surface area contributed by atoms with Gasteiger partial charge in [0.15, 0.2) is 0 Å². The van der Waals surface area contributed by atoms with Gasteiger partial charge in [0.05, 0.1) is 0 Å². The van der Waals surface area contributed by atoms with Crippen LogP contribution in [0.15, 0.2) is 0 Å². The van der Waals surface area contributed by atoms with Crippen LogP contribution in [0.25, 0.3) is 0 Å². The van der Waals surface area contributed by atoms with Gasteiger partial charge in [0.25, 0.3) is 0 Å². The van der Waals surface area contributed by atoms with Crippen LogP contribution >= 0.6 is 17.0 Å². The minimum Gasteiger partial charge on any atom is -0.309 e. The lowest BCUT2D eigenvalue weighted by Crippen LogP contribution is -2.58. The zero-order valence-electron chi connectivity index (χ0n) is 10.8. The summed E-state index contributed by atoms with van der Waals surface area (Å²) in [5.41, 5.74) is 0.306. The van der Waals surface area contributed by atoms with Crippen molar-refractivity contribution in [3.63, 3.8) is 0 Å². The third kappa shape index (κ3) is 2.33. The van der Waals surface area contributed by atoms with Gasteiger partial charge in [-0.05, 0) is 76.5 Å². The summed E-state index contributed by atoms with van der Waals surface area (Å²) in [5, 5.41) is 3.90. The fourth-order valence-corrected chi connectivity index (χ4v) is 4.66. The van der Waals surface area contributed by atoms with E-state index in [9.17, 15) is 0 Å². The van der Waals surface area contributed by atoms with E-state index in [-0.39, 0.29) is 17.0 Å². The smallest absolute Gasteiger partial charge is 0.0129 e. The maximum atomic E-state index is 3.90. The minimum atomic E-state index is 0. The number of nitrogens with one attached hydrogen (secondary N) is 1. The molecule has 1 nitrogen and oxygen atoms in total. The highest BCUT2D eigenvalue weighted by atomic mass is 79.9. The van der Waals surface area contributed by atoms with E-state index in [0.717, 1.165) is 29.7 Å². The molecule has 4 bridgehead atoms. The van der Waals surface area contributed by atoms with Crippen molar-refractivity contribution in [3.8, 4) is 0 Å². The minimum absolute atomic E-state index is 0. The van der Waals surface area contributed by atoms with Crippen molar-refractivity contribution in [1.29, 1.82) is 0 Å². The zero-order chi connectivity index (χ0) is 10.6. The quantitative estimate of drug-likeness (QED) is 0.774. The van der Waals surface area contributed by atoms with Crippen LogP contribution in [0.1, 0.15) is 52.9 Å². The lowest BCUT2D eigenvalue weighted by Gasteiger charge is -2.56. The van der Waals surface area contributed by atoms with Gasteiger partial charge in [-0.3, -0.25) is 0 Å². The molecule has 16 heavy (non-hydrogen) atoms. The topological polar surface area (TPSA) is 12.0 Å². The van der Waals surface area contributed by atoms with Crippen LogP contribution in [-0.4, -0.2) is 11.6 Å². The van der Waals surface area contributed by atoms with E-state index in [0.29, 0.717) is 5.54 Å². The molecule has 0 saturated heterocycles. The third-order valence-electron chi connectivity index (χ3n) is 4.83. The third-order valence-corrected chi connectivity index (χ3v) is 4.83. The van der Waals surface area contributed by atoms with E-state index in [1.807, 2.05) is 0 Å². The van der Waals surface area contributed by atoms with Gasteiger partial charge in [-0.2, -0.15) is 0 Å². The second kappa shape index (κ2) is 4.28. The van der Waals surface area contributed by atoms with Gasteiger partial charge in [-0.15, -0.1) is 17.0 Å². The Hall–Kier alpha value is 0.440. The van der Waals surface area contributed by atoms with Crippen molar-refractivity contribution in [3.05, 3.63) is 0 Å². The fraction of sp³-hybridized carbons (Fsp3) is 1.00. The first-order chi connectivity index (χ1) is 7.01. The monoisotopic (exact) mass is 287 g/mol. The van der Waals surface area contributed by atoms with Gasteiger partial charge >= 0.3 is 0 Å². The van der Waals surface area contributed by atoms with Crippen LogP contribution in [0.3, 0.4) is 0 Å². The summed E-state index contributed by atoms with van der Waals surface area (Å²) < 4.78 is 0. The molecule has 0 aliphatic heterocycles. The second-order valence-corrected chi connectivity index (χ2v) is 7.35. The van der Waals surface area contributed by atoms with E-state index in [1.54, 1.807) is 6.42 Å². The van der Waals surface area contributed by atoms with Crippen LogP contribution in [0.4, 0.5) is 0 Å². The Morgan fingerprint density at radius 3 is 1.62 bits per heavy atom. The van der Waals surface area contributed by atoms with Crippen molar-refractivity contribution in [2.45, 2.75) is 64.5 Å². The Labute approximate surface area is 111 Å². The number of halogens is 1. The average Bonchev–Trinajstić information content (AvgIpc) is 2.08. The molecule has 0 radical (unpaired) electrons. The van der Waals surface area contributed by atoms with E-state index >= 15 is 0 Å². The lowest BCUT2D eigenvalue weighted by atomic mass is 9.54. The Bertz CT molecular complexity index is 228. The van der Waals surface area contributed by atoms with Crippen molar-refractivity contribution in [2.24, 2.45) is 23.7 Å². The number of rotatable bonds is 1. The second-order valence-electron chi connectivity index (χ2n) is 7.35. The molecule has 94 valence electrons. The van der Waals surface area contributed by atoms with Gasteiger partial charge in [-0.25, -0.2) is 0 Å². The Kier molecular flexibility index (Phi) is 3.44. The zero-order valence-corrected chi connectivity index (χ0v) is 12.5. The SMILES string of the molecule is Br.CC(C)(C)NC1C2CC3CC(C2)CC1C3. The molecule has 0 aromatic heterocycles. The molecule has 0 heterocycles. The van der Waals surface area contributed by atoms with Gasteiger partial charge in [0.2, 0.25) is 0 Å². The molecule has 0 atom stereocenters. The summed E-state index contributed by atoms with van der Waals surface area (Å²) in [6.07, 6.45) is 7.68. The molecule has 0 aromatic carbocycles. The molecule has 4 aliphatic rings. The highest BCUT2D eigenvalue weighted by molar-refractivity contribution is 8.93. The summed E-state index contributed by atoms with van der Waals surface area (Å²) in [5.74, 6) is 4.23. The van der Waals surface area contributed by atoms with Crippen LogP contribution in [-0.2, 0) is 0 Å². The molecular weight excluding hydrogens is 262 g/mol. The Morgan fingerprint density at radius 1 is 0.812 bits per heavy atom. The normalized spacial score (nSPS) is 45.6. The van der Waals surface area contributed by atoms with E-state index in [4.69, 9.17) is 0 Å². The molecule has 1 N–H and O–H groups in total. The van der Waals surface area contributed by atoms with Gasteiger partial charge < -0.3 is 5.32 Å². The summed E-state index contributed by atoms with van der Waals surface area (Å²) in [6, 6.07) is 0.845. The first kappa shape index (κ1) is 12.9. The molecule has 2 heteroatoms. The lowest BCUT2D eigenvalue weighted by molar-refractivity contribution is -0.0218. The Morgan fingerprint density at radius 2 is 1.25 bits per heavy atom. The summed E-state index contributed by atoms with van der Waals surface area (Å²) in [7, 11) is 0. The highest BCUT2D eigenvalue weighted by Crippen LogP contribution is 2.53. The first-order valence-corrected chi connectivity index (χ1v) is 6.79. The molecule has 4 fully saturated rings. The molecule has 4 aliphatic carbocycles. The van der Waals surface area contributed by atoms with Crippen molar-refractivity contribution in [1.82, 2.24) is 5.32 Å². The molecule has 0 unspecified atom stereocenters. The molecule has 4 rings (SSSR count). The molecule has 0 aromatic rings. The van der Waals surface area contributed by atoms with Gasteiger partial charge in [0, 0.05) is 11.6 Å². The Balaban J connectivity index is 0.000000963. The van der Waals surface area contributed by atoms with Crippen molar-refractivity contribution >= 4 is 17.0 Å². The largest absolute Gasteiger partial charge is 0.309 e. The summed E-state index contributed by atoms with van der Waals surface area (Å²) >= 11 is 0. The maximum absolute atomic E-state index is 3.90. The number of hydrogen-bond acceptors (Lipinski definition) is 1. The average molecular weight is 288 g/mol. The predicted molar refractivity (Wildman–Crippen MR) is 74.0 cm³/mol. The first-order valence-electron chi connectivity index (χ1n) is 6.79. The summed E-state index contributed by atoms with van der Waals surface area (Å²) in [6.45, 7) is 6.95. The van der Waals surface area contributed by atoms with E-state index < -0.39 is 0 Å². The van der Waals surface area contributed by atoms with Crippen LogP contribution in [0, 0.1) is 23.7 Å². The fourth-order valence-electron chi connectivity index (χ4n) is 4.66. The van der Waals surface area contributed by atoms with Crippen LogP contribution in [0.5, 0.6) is 0 Å². The van der Waals surface area contributed by atoms with Crippen LogP contribution < -0.4 is 5.32 Å². The van der Waals surface area contributed by atoms with Gasteiger partial charge in [-0.1, -0.05) is 0 Å². The molecule has 4 saturated carbocycles. The summed E-state index contributed by atoms with van der Waals surface area (Å²) in [4.78, 5) is 0. The maximum Gasteiger partial charge on any atom is 0.0129 e. The van der Waals surface area contributed by atoms with Crippen molar-refractivity contribution < 1.29 is 0 Å². The van der Waals surface area contributed by atoms with Crippen molar-refractivity contribution in [2.75, 3.05) is 0 Å². The van der Waals surface area contributed by atoms with E-state index in [2.05, 4.69) is 26.1 Å². The molecule has 0 amide bonds. The number of hydrogen-bond donors (Lipinski definition) is 1. The standard InChI is InChI=1S/C14H25N.BrH/c1-14(2,3)15-13-11-5-9-4-10(7-11)8-12(13)6-9;/h9-13,15H,4-8H2,1-3H3;1H. The molecule has 0 spiro atoms. The van der Waals surface area contributed by atoms with E-state index in [1.165, 1.54) is 25.7 Å². The predicted octanol–water partition coefficient (Wildman–Crippen LogP) is 3.78. The van der Waals surface area contributed by atoms with Crippen LogP contribution in [0.2, 0.25) is 0 Å². The molecular formula is C14H26BrN.